The highest BCUT2D eigenvalue weighted by Gasteiger charge is 2.10. The molecule has 1 aromatic heterocycles. The first kappa shape index (κ1) is 12.4. The number of carbonyl (C=O) groups is 1. The van der Waals surface area contributed by atoms with Crippen LogP contribution < -0.4 is 11.1 Å². The van der Waals surface area contributed by atoms with Crippen molar-refractivity contribution in [1.29, 1.82) is 0 Å². The van der Waals surface area contributed by atoms with Crippen molar-refractivity contribution in [1.82, 2.24) is 15.5 Å². The molecule has 0 aliphatic heterocycles. The maximum Gasteiger partial charge on any atom is 0.254 e. The average Bonchev–Trinajstić information content (AvgIpc) is 2.75. The van der Waals surface area contributed by atoms with Crippen LogP contribution in [0.5, 0.6) is 0 Å². The van der Waals surface area contributed by atoms with Crippen molar-refractivity contribution in [2.75, 3.05) is 12.3 Å². The first-order valence-electron chi connectivity index (χ1n) is 5.27. The van der Waals surface area contributed by atoms with E-state index in [1.54, 1.807) is 6.07 Å². The van der Waals surface area contributed by atoms with Gasteiger partial charge in [-0.25, -0.2) is 4.39 Å². The minimum atomic E-state index is -0.532. The molecule has 0 atom stereocenters. The second-order valence-corrected chi connectivity index (χ2v) is 4.61. The van der Waals surface area contributed by atoms with Gasteiger partial charge in [0.1, 0.15) is 10.8 Å². The van der Waals surface area contributed by atoms with E-state index >= 15 is 0 Å². The summed E-state index contributed by atoms with van der Waals surface area (Å²) in [6, 6.07) is 5.84. The van der Waals surface area contributed by atoms with Crippen LogP contribution in [0.2, 0.25) is 0 Å². The van der Waals surface area contributed by atoms with Gasteiger partial charge in [0.25, 0.3) is 5.91 Å². The summed E-state index contributed by atoms with van der Waals surface area (Å²) in [6.45, 7) is 0.363. The quantitative estimate of drug-likeness (QED) is 0.872. The van der Waals surface area contributed by atoms with E-state index < -0.39 is 11.7 Å². The first-order valence-corrected chi connectivity index (χ1v) is 6.09. The number of nitrogens with one attached hydrogen (secondary N) is 1. The van der Waals surface area contributed by atoms with Crippen LogP contribution in [-0.2, 0) is 6.42 Å². The number of benzene rings is 1. The van der Waals surface area contributed by atoms with Crippen molar-refractivity contribution >= 4 is 22.4 Å². The molecule has 18 heavy (non-hydrogen) atoms. The third-order valence-electron chi connectivity index (χ3n) is 2.23. The molecule has 0 spiro atoms. The minimum absolute atomic E-state index is 0.0364. The van der Waals surface area contributed by atoms with Crippen molar-refractivity contribution in [3.05, 3.63) is 40.7 Å². The SMILES string of the molecule is Nc1nnc(CCNC(=O)c2ccccc2F)s1. The number of aromatic nitrogens is 2. The van der Waals surface area contributed by atoms with Crippen molar-refractivity contribution in [3.63, 3.8) is 0 Å². The summed E-state index contributed by atoms with van der Waals surface area (Å²) in [5, 5.41) is 11.2. The summed E-state index contributed by atoms with van der Waals surface area (Å²) in [6.07, 6.45) is 0.523. The molecule has 0 bridgehead atoms. The normalized spacial score (nSPS) is 10.3. The van der Waals surface area contributed by atoms with Crippen LogP contribution in [0.15, 0.2) is 24.3 Å². The molecule has 2 aromatic rings. The van der Waals surface area contributed by atoms with Crippen LogP contribution in [0, 0.1) is 5.82 Å². The molecule has 0 saturated heterocycles. The van der Waals surface area contributed by atoms with E-state index in [4.69, 9.17) is 5.73 Å². The fourth-order valence-electron chi connectivity index (χ4n) is 1.39. The molecule has 0 aliphatic rings. The topological polar surface area (TPSA) is 80.9 Å². The Kier molecular flexibility index (Phi) is 3.83. The Bertz CT molecular complexity index is 557. The largest absolute Gasteiger partial charge is 0.374 e. The van der Waals surface area contributed by atoms with Gasteiger partial charge in [-0.2, -0.15) is 0 Å². The Balaban J connectivity index is 1.87. The Morgan fingerprint density at radius 1 is 1.39 bits per heavy atom. The molecule has 1 aromatic carbocycles. The van der Waals surface area contributed by atoms with Crippen LogP contribution in [0.3, 0.4) is 0 Å². The Morgan fingerprint density at radius 3 is 2.83 bits per heavy atom. The van der Waals surface area contributed by atoms with Crippen LogP contribution in [0.1, 0.15) is 15.4 Å². The zero-order chi connectivity index (χ0) is 13.0. The van der Waals surface area contributed by atoms with E-state index in [1.165, 1.54) is 29.5 Å². The molecule has 3 N–H and O–H groups in total. The number of halogens is 1. The number of nitrogens with zero attached hydrogens (tertiary/aromatic N) is 2. The van der Waals surface area contributed by atoms with Gasteiger partial charge in [0.05, 0.1) is 5.56 Å². The molecule has 0 radical (unpaired) electrons. The second-order valence-electron chi connectivity index (χ2n) is 3.52. The van der Waals surface area contributed by atoms with Gasteiger partial charge in [-0.3, -0.25) is 4.79 Å². The zero-order valence-corrected chi connectivity index (χ0v) is 10.2. The summed E-state index contributed by atoms with van der Waals surface area (Å²) in [5.41, 5.74) is 5.47. The molecular weight excluding hydrogens is 255 g/mol. The number of hydrogen-bond acceptors (Lipinski definition) is 5. The molecule has 0 saturated carbocycles. The van der Waals surface area contributed by atoms with Gasteiger partial charge < -0.3 is 11.1 Å². The summed E-state index contributed by atoms with van der Waals surface area (Å²) < 4.78 is 13.3. The van der Waals surface area contributed by atoms with Crippen LogP contribution in [0.4, 0.5) is 9.52 Å². The first-order chi connectivity index (χ1) is 8.66. The number of amides is 1. The third-order valence-corrected chi connectivity index (χ3v) is 3.04. The molecule has 1 heterocycles. The number of anilines is 1. The van der Waals surface area contributed by atoms with Gasteiger partial charge in [0.15, 0.2) is 0 Å². The molecule has 1 amide bonds. The van der Waals surface area contributed by atoms with Gasteiger partial charge >= 0.3 is 0 Å². The van der Waals surface area contributed by atoms with E-state index in [0.29, 0.717) is 18.1 Å². The molecule has 2 rings (SSSR count). The Labute approximate surface area is 107 Å². The number of rotatable bonds is 4. The Morgan fingerprint density at radius 2 is 2.17 bits per heavy atom. The lowest BCUT2D eigenvalue weighted by Gasteiger charge is -2.04. The summed E-state index contributed by atoms with van der Waals surface area (Å²) in [5.74, 6) is -0.972. The van der Waals surface area contributed by atoms with Gasteiger partial charge in [-0.15, -0.1) is 10.2 Å². The fraction of sp³-hybridized carbons (Fsp3) is 0.182. The van der Waals surface area contributed by atoms with Crippen LogP contribution in [-0.4, -0.2) is 22.6 Å². The highest BCUT2D eigenvalue weighted by Crippen LogP contribution is 2.11. The highest BCUT2D eigenvalue weighted by molar-refractivity contribution is 7.15. The molecule has 0 fully saturated rings. The predicted octanol–water partition coefficient (Wildman–Crippen LogP) is 1.23. The summed E-state index contributed by atoms with van der Waals surface area (Å²) in [4.78, 5) is 11.7. The average molecular weight is 266 g/mol. The molecular formula is C11H11FN4OS. The van der Waals surface area contributed by atoms with Gasteiger partial charge in [-0.05, 0) is 12.1 Å². The molecule has 5 nitrogen and oxygen atoms in total. The van der Waals surface area contributed by atoms with Crippen LogP contribution in [0.25, 0.3) is 0 Å². The fourth-order valence-corrected chi connectivity index (χ4v) is 2.00. The number of hydrogen-bond donors (Lipinski definition) is 2. The summed E-state index contributed by atoms with van der Waals surface area (Å²) >= 11 is 1.27. The second kappa shape index (κ2) is 5.54. The predicted molar refractivity (Wildman–Crippen MR) is 66.8 cm³/mol. The monoisotopic (exact) mass is 266 g/mol. The standard InChI is InChI=1S/C11H11FN4OS/c12-8-4-2-1-3-7(8)10(17)14-6-5-9-15-16-11(13)18-9/h1-4H,5-6H2,(H2,13,16)(H,14,17). The smallest absolute Gasteiger partial charge is 0.254 e. The lowest BCUT2D eigenvalue weighted by atomic mass is 10.2. The van der Waals surface area contributed by atoms with Crippen molar-refractivity contribution in [2.24, 2.45) is 0 Å². The Hall–Kier alpha value is -2.02. The van der Waals surface area contributed by atoms with Gasteiger partial charge in [-0.1, -0.05) is 23.5 Å². The molecule has 94 valence electrons. The van der Waals surface area contributed by atoms with Crippen molar-refractivity contribution < 1.29 is 9.18 Å². The molecule has 0 aliphatic carbocycles. The molecule has 7 heteroatoms. The molecule has 0 unspecified atom stereocenters. The van der Waals surface area contributed by atoms with E-state index in [1.807, 2.05) is 0 Å². The van der Waals surface area contributed by atoms with Crippen LogP contribution >= 0.6 is 11.3 Å². The third kappa shape index (κ3) is 3.01. The van der Waals surface area contributed by atoms with E-state index in [9.17, 15) is 9.18 Å². The number of carbonyl (C=O) groups excluding carboxylic acids is 1. The van der Waals surface area contributed by atoms with Gasteiger partial charge in [0, 0.05) is 13.0 Å². The lowest BCUT2D eigenvalue weighted by Crippen LogP contribution is -2.26. The lowest BCUT2D eigenvalue weighted by molar-refractivity contribution is 0.0950. The van der Waals surface area contributed by atoms with E-state index in [-0.39, 0.29) is 5.56 Å². The van der Waals surface area contributed by atoms with E-state index in [0.717, 1.165) is 5.01 Å². The van der Waals surface area contributed by atoms with Crippen molar-refractivity contribution in [2.45, 2.75) is 6.42 Å². The zero-order valence-electron chi connectivity index (χ0n) is 9.39. The van der Waals surface area contributed by atoms with Gasteiger partial charge in [0.2, 0.25) is 5.13 Å². The van der Waals surface area contributed by atoms with Crippen molar-refractivity contribution in [3.8, 4) is 0 Å². The summed E-state index contributed by atoms with van der Waals surface area (Å²) in [7, 11) is 0. The minimum Gasteiger partial charge on any atom is -0.374 e. The van der Waals surface area contributed by atoms with E-state index in [2.05, 4.69) is 15.5 Å². The highest BCUT2D eigenvalue weighted by atomic mass is 32.1. The maximum absolute atomic E-state index is 13.3. The number of nitrogen functional groups attached to an aromatic ring is 1. The number of nitrogens with two attached hydrogens (primary N) is 1. The maximum atomic E-state index is 13.3.